The summed E-state index contributed by atoms with van der Waals surface area (Å²) in [5.74, 6) is 6.70. The van der Waals surface area contributed by atoms with Crippen LogP contribution in [-0.2, 0) is 4.74 Å². The number of ether oxygens (including phenoxy) is 1. The third-order valence-corrected chi connectivity index (χ3v) is 2.97. The first kappa shape index (κ1) is 12.1. The van der Waals surface area contributed by atoms with E-state index >= 15 is 0 Å². The van der Waals surface area contributed by atoms with E-state index in [4.69, 9.17) is 10.6 Å². The van der Waals surface area contributed by atoms with Crippen molar-refractivity contribution < 1.29 is 4.74 Å². The van der Waals surface area contributed by atoms with Gasteiger partial charge in [0.2, 0.25) is 5.95 Å². The number of nitrogen functional groups attached to an aromatic ring is 1. The molecule has 94 valence electrons. The molecule has 6 heteroatoms. The summed E-state index contributed by atoms with van der Waals surface area (Å²) < 4.78 is 5.51. The van der Waals surface area contributed by atoms with Gasteiger partial charge in [-0.1, -0.05) is 0 Å². The summed E-state index contributed by atoms with van der Waals surface area (Å²) in [6, 6.07) is 0. The molecular weight excluding hydrogens is 218 g/mol. The summed E-state index contributed by atoms with van der Waals surface area (Å²) in [5.41, 5.74) is 3.46. The maximum absolute atomic E-state index is 5.51. The molecule has 2 rings (SSSR count). The molecular formula is C11H19N5O. The lowest BCUT2D eigenvalue weighted by atomic mass is 10.0. The molecule has 0 atom stereocenters. The Morgan fingerprint density at radius 2 is 2.29 bits per heavy atom. The molecule has 0 aromatic carbocycles. The van der Waals surface area contributed by atoms with Crippen LogP contribution in [-0.4, -0.2) is 35.3 Å². The van der Waals surface area contributed by atoms with E-state index < -0.39 is 0 Å². The standard InChI is InChI=1S/C11H19N5O/c1-8-6-13-10(15-12)14-9(8)16-4-5-17-7-11(16,2)3/h6H,4-5,7,12H2,1-3H3,(H,13,14,15). The van der Waals surface area contributed by atoms with E-state index in [0.29, 0.717) is 12.6 Å². The van der Waals surface area contributed by atoms with Gasteiger partial charge in [-0.2, -0.15) is 4.98 Å². The largest absolute Gasteiger partial charge is 0.377 e. The van der Waals surface area contributed by atoms with E-state index in [9.17, 15) is 0 Å². The lowest BCUT2D eigenvalue weighted by Crippen LogP contribution is -2.53. The van der Waals surface area contributed by atoms with Crippen LogP contribution in [0.15, 0.2) is 6.20 Å². The van der Waals surface area contributed by atoms with Gasteiger partial charge in [-0.05, 0) is 20.8 Å². The number of aromatic nitrogens is 2. The molecule has 0 bridgehead atoms. The third kappa shape index (κ3) is 2.32. The normalized spacial score (nSPS) is 19.2. The molecule has 0 saturated carbocycles. The molecule has 0 aliphatic carbocycles. The predicted octanol–water partition coefficient (Wildman–Crippen LogP) is 0.686. The zero-order chi connectivity index (χ0) is 12.5. The molecule has 1 aromatic rings. The minimum atomic E-state index is -0.0662. The van der Waals surface area contributed by atoms with E-state index in [0.717, 1.165) is 24.5 Å². The number of anilines is 2. The number of hydrogen-bond donors (Lipinski definition) is 2. The second-order valence-electron chi connectivity index (χ2n) is 4.86. The van der Waals surface area contributed by atoms with Crippen LogP contribution in [0.3, 0.4) is 0 Å². The minimum Gasteiger partial charge on any atom is -0.377 e. The fourth-order valence-corrected chi connectivity index (χ4v) is 2.03. The van der Waals surface area contributed by atoms with Gasteiger partial charge in [0.25, 0.3) is 0 Å². The molecule has 0 spiro atoms. The van der Waals surface area contributed by atoms with Gasteiger partial charge >= 0.3 is 0 Å². The van der Waals surface area contributed by atoms with Crippen LogP contribution in [0.1, 0.15) is 19.4 Å². The average Bonchev–Trinajstić information content (AvgIpc) is 2.30. The molecule has 3 N–H and O–H groups in total. The molecule has 0 unspecified atom stereocenters. The summed E-state index contributed by atoms with van der Waals surface area (Å²) in [4.78, 5) is 10.8. The van der Waals surface area contributed by atoms with E-state index in [1.807, 2.05) is 6.92 Å². The molecule has 2 heterocycles. The maximum Gasteiger partial charge on any atom is 0.239 e. The fourth-order valence-electron chi connectivity index (χ4n) is 2.03. The third-order valence-electron chi connectivity index (χ3n) is 2.97. The lowest BCUT2D eigenvalue weighted by Gasteiger charge is -2.43. The molecule has 1 aromatic heterocycles. The van der Waals surface area contributed by atoms with Crippen molar-refractivity contribution in [3.8, 4) is 0 Å². The first-order valence-corrected chi connectivity index (χ1v) is 5.70. The number of nitrogens with two attached hydrogens (primary N) is 1. The number of nitrogens with one attached hydrogen (secondary N) is 1. The maximum atomic E-state index is 5.51. The number of hydrogen-bond acceptors (Lipinski definition) is 6. The van der Waals surface area contributed by atoms with Gasteiger partial charge in [0.05, 0.1) is 18.8 Å². The highest BCUT2D eigenvalue weighted by Crippen LogP contribution is 2.28. The molecule has 6 nitrogen and oxygen atoms in total. The van der Waals surface area contributed by atoms with Crippen molar-refractivity contribution in [1.82, 2.24) is 9.97 Å². The Labute approximate surface area is 101 Å². The van der Waals surface area contributed by atoms with Gasteiger partial charge < -0.3 is 9.64 Å². The van der Waals surface area contributed by atoms with E-state index in [2.05, 4.69) is 34.1 Å². The molecule has 0 radical (unpaired) electrons. The summed E-state index contributed by atoms with van der Waals surface area (Å²) >= 11 is 0. The van der Waals surface area contributed by atoms with Crippen molar-refractivity contribution >= 4 is 11.8 Å². The Bertz CT molecular complexity index is 407. The second-order valence-corrected chi connectivity index (χ2v) is 4.86. The minimum absolute atomic E-state index is 0.0662. The van der Waals surface area contributed by atoms with Gasteiger partial charge in [0, 0.05) is 18.3 Å². The summed E-state index contributed by atoms with van der Waals surface area (Å²) in [7, 11) is 0. The van der Waals surface area contributed by atoms with Crippen molar-refractivity contribution in [2.45, 2.75) is 26.3 Å². The first-order chi connectivity index (χ1) is 8.04. The van der Waals surface area contributed by atoms with Crippen LogP contribution in [0.5, 0.6) is 0 Å². The monoisotopic (exact) mass is 237 g/mol. The van der Waals surface area contributed by atoms with E-state index in [1.54, 1.807) is 6.20 Å². The van der Waals surface area contributed by atoms with Gasteiger partial charge in [-0.25, -0.2) is 10.8 Å². The van der Waals surface area contributed by atoms with E-state index in [1.165, 1.54) is 0 Å². The van der Waals surface area contributed by atoms with Crippen LogP contribution >= 0.6 is 0 Å². The van der Waals surface area contributed by atoms with Crippen molar-refractivity contribution in [2.75, 3.05) is 30.1 Å². The van der Waals surface area contributed by atoms with Crippen molar-refractivity contribution in [1.29, 1.82) is 0 Å². The summed E-state index contributed by atoms with van der Waals surface area (Å²) in [6.45, 7) is 8.53. The zero-order valence-corrected chi connectivity index (χ0v) is 10.5. The molecule has 1 aliphatic heterocycles. The van der Waals surface area contributed by atoms with Crippen LogP contribution in [0.25, 0.3) is 0 Å². The number of nitrogens with zero attached hydrogens (tertiary/aromatic N) is 3. The molecule has 0 amide bonds. The van der Waals surface area contributed by atoms with Crippen LogP contribution in [0.4, 0.5) is 11.8 Å². The topological polar surface area (TPSA) is 76.3 Å². The number of rotatable bonds is 2. The number of hydrazine groups is 1. The van der Waals surface area contributed by atoms with Gasteiger partial charge in [-0.3, -0.25) is 5.43 Å². The van der Waals surface area contributed by atoms with E-state index in [-0.39, 0.29) is 5.54 Å². The number of morpholine rings is 1. The average molecular weight is 237 g/mol. The van der Waals surface area contributed by atoms with Crippen molar-refractivity contribution in [3.05, 3.63) is 11.8 Å². The second kappa shape index (κ2) is 4.46. The molecule has 1 aliphatic rings. The first-order valence-electron chi connectivity index (χ1n) is 5.70. The Balaban J connectivity index is 2.37. The Morgan fingerprint density at radius 3 is 2.94 bits per heavy atom. The molecule has 1 fully saturated rings. The van der Waals surface area contributed by atoms with Crippen LogP contribution in [0, 0.1) is 6.92 Å². The highest BCUT2D eigenvalue weighted by molar-refractivity contribution is 5.51. The van der Waals surface area contributed by atoms with Crippen molar-refractivity contribution in [2.24, 2.45) is 5.84 Å². The Morgan fingerprint density at radius 1 is 1.53 bits per heavy atom. The fraction of sp³-hybridized carbons (Fsp3) is 0.636. The van der Waals surface area contributed by atoms with Gasteiger partial charge in [0.15, 0.2) is 0 Å². The van der Waals surface area contributed by atoms with Crippen LogP contribution in [0.2, 0.25) is 0 Å². The predicted molar refractivity (Wildman–Crippen MR) is 66.8 cm³/mol. The molecule has 1 saturated heterocycles. The number of aryl methyl sites for hydroxylation is 1. The lowest BCUT2D eigenvalue weighted by molar-refractivity contribution is 0.0638. The Kier molecular flexibility index (Phi) is 3.17. The van der Waals surface area contributed by atoms with Gasteiger partial charge in [-0.15, -0.1) is 0 Å². The highest BCUT2D eigenvalue weighted by Gasteiger charge is 2.32. The summed E-state index contributed by atoms with van der Waals surface area (Å²) in [6.07, 6.45) is 1.78. The van der Waals surface area contributed by atoms with Crippen molar-refractivity contribution in [3.63, 3.8) is 0 Å². The van der Waals surface area contributed by atoms with Crippen LogP contribution < -0.4 is 16.2 Å². The Hall–Kier alpha value is -1.40. The molecule has 17 heavy (non-hydrogen) atoms. The highest BCUT2D eigenvalue weighted by atomic mass is 16.5. The SMILES string of the molecule is Cc1cnc(NN)nc1N1CCOCC1(C)C. The van der Waals surface area contributed by atoms with Gasteiger partial charge in [0.1, 0.15) is 5.82 Å². The zero-order valence-electron chi connectivity index (χ0n) is 10.5. The summed E-state index contributed by atoms with van der Waals surface area (Å²) in [5, 5.41) is 0. The smallest absolute Gasteiger partial charge is 0.239 e. The quantitative estimate of drug-likeness (QED) is 0.582.